The third-order valence-electron chi connectivity index (χ3n) is 3.81. The van der Waals surface area contributed by atoms with Gasteiger partial charge in [0, 0.05) is 23.7 Å². The number of halogens is 1. The zero-order valence-electron chi connectivity index (χ0n) is 12.2. The zero-order chi connectivity index (χ0) is 14.2. The van der Waals surface area contributed by atoms with E-state index in [1.807, 2.05) is 26.4 Å². The highest BCUT2D eigenvalue weighted by atomic mass is 19.1. The topological polar surface area (TPSA) is 17.4 Å². The second kappa shape index (κ2) is 4.85. The van der Waals surface area contributed by atoms with Crippen molar-refractivity contribution in [2.24, 2.45) is 0 Å². The molecule has 0 N–H and O–H groups in total. The van der Waals surface area contributed by atoms with Crippen LogP contribution >= 0.6 is 0 Å². The Balaban J connectivity index is 2.53. The Morgan fingerprint density at radius 3 is 2.53 bits per heavy atom. The van der Waals surface area contributed by atoms with Gasteiger partial charge in [-0.1, -0.05) is 0 Å². The molecule has 0 aliphatic carbocycles. The maximum absolute atomic E-state index is 13.8. The quantitative estimate of drug-likeness (QED) is 0.844. The second-order valence-electron chi connectivity index (χ2n) is 5.67. The molecule has 0 unspecified atom stereocenters. The third-order valence-corrected chi connectivity index (χ3v) is 3.81. The number of ether oxygens (including phenoxy) is 1. The highest BCUT2D eigenvalue weighted by Gasteiger charge is 2.23. The van der Waals surface area contributed by atoms with Crippen LogP contribution in [0.4, 0.5) is 4.39 Å². The van der Waals surface area contributed by atoms with E-state index in [-0.39, 0.29) is 11.4 Å². The van der Waals surface area contributed by atoms with E-state index in [9.17, 15) is 4.39 Å². The van der Waals surface area contributed by atoms with Crippen LogP contribution in [0.25, 0.3) is 10.9 Å². The molecule has 0 spiro atoms. The van der Waals surface area contributed by atoms with Crippen molar-refractivity contribution in [2.75, 3.05) is 21.2 Å². The molecule has 0 fully saturated rings. The number of aromatic nitrogens is 1. The Bertz CT molecular complexity index is 587. The first-order valence-electron chi connectivity index (χ1n) is 6.35. The number of likely N-dealkylation sites (N-methyl/N-ethyl adjacent to an activating group) is 1. The molecule has 1 aromatic heterocycles. The number of rotatable bonds is 4. The van der Waals surface area contributed by atoms with E-state index in [2.05, 4.69) is 23.3 Å². The van der Waals surface area contributed by atoms with Gasteiger partial charge in [0.15, 0.2) is 11.6 Å². The van der Waals surface area contributed by atoms with Crippen LogP contribution in [0.2, 0.25) is 0 Å². The molecule has 1 heterocycles. The fourth-order valence-corrected chi connectivity index (χ4v) is 2.12. The van der Waals surface area contributed by atoms with Gasteiger partial charge in [0.05, 0.1) is 12.6 Å². The number of hydrogen-bond acceptors (Lipinski definition) is 2. The normalized spacial score (nSPS) is 12.4. The number of methoxy groups -OCH3 is 1. The molecule has 4 heteroatoms. The summed E-state index contributed by atoms with van der Waals surface area (Å²) < 4.78 is 21.1. The van der Waals surface area contributed by atoms with Crippen LogP contribution in [-0.4, -0.2) is 36.2 Å². The Hall–Kier alpha value is -1.55. The van der Waals surface area contributed by atoms with Crippen molar-refractivity contribution >= 4 is 10.9 Å². The van der Waals surface area contributed by atoms with Gasteiger partial charge in [0.1, 0.15) is 0 Å². The molecule has 0 radical (unpaired) electrons. The third kappa shape index (κ3) is 2.45. The van der Waals surface area contributed by atoms with Gasteiger partial charge in [-0.3, -0.25) is 0 Å². The van der Waals surface area contributed by atoms with Crippen molar-refractivity contribution < 1.29 is 9.13 Å². The average Bonchev–Trinajstić information content (AvgIpc) is 2.72. The Morgan fingerprint density at radius 2 is 1.95 bits per heavy atom. The SMILES string of the molecule is COc1c(F)ccc2ccn(CC(C)(C)N(C)C)c12. The first-order chi connectivity index (χ1) is 8.86. The molecule has 0 saturated heterocycles. The summed E-state index contributed by atoms with van der Waals surface area (Å²) in [6.45, 7) is 5.08. The lowest BCUT2D eigenvalue weighted by Crippen LogP contribution is -2.41. The summed E-state index contributed by atoms with van der Waals surface area (Å²) in [6, 6.07) is 5.22. The molecule has 104 valence electrons. The Labute approximate surface area is 113 Å². The van der Waals surface area contributed by atoms with E-state index in [1.165, 1.54) is 13.2 Å². The van der Waals surface area contributed by atoms with Crippen molar-refractivity contribution in [3.05, 3.63) is 30.2 Å². The van der Waals surface area contributed by atoms with E-state index in [0.717, 1.165) is 17.4 Å². The van der Waals surface area contributed by atoms with Gasteiger partial charge in [0.2, 0.25) is 0 Å². The predicted molar refractivity (Wildman–Crippen MR) is 76.2 cm³/mol. The molecular formula is C15H21FN2O. The molecular weight excluding hydrogens is 243 g/mol. The fraction of sp³-hybridized carbons (Fsp3) is 0.467. The summed E-state index contributed by atoms with van der Waals surface area (Å²) >= 11 is 0. The van der Waals surface area contributed by atoms with Crippen molar-refractivity contribution in [1.82, 2.24) is 9.47 Å². The van der Waals surface area contributed by atoms with Crippen LogP contribution in [0.15, 0.2) is 24.4 Å². The van der Waals surface area contributed by atoms with E-state index in [1.54, 1.807) is 6.07 Å². The van der Waals surface area contributed by atoms with Crippen LogP contribution in [0.1, 0.15) is 13.8 Å². The predicted octanol–water partition coefficient (Wildman–Crippen LogP) is 3.13. The fourth-order valence-electron chi connectivity index (χ4n) is 2.12. The minimum absolute atomic E-state index is 0.0245. The zero-order valence-corrected chi connectivity index (χ0v) is 12.2. The van der Waals surface area contributed by atoms with E-state index < -0.39 is 0 Å². The van der Waals surface area contributed by atoms with E-state index >= 15 is 0 Å². The summed E-state index contributed by atoms with van der Waals surface area (Å²) in [5.41, 5.74) is 0.793. The molecule has 0 atom stereocenters. The van der Waals surface area contributed by atoms with Crippen LogP contribution in [0.3, 0.4) is 0 Å². The van der Waals surface area contributed by atoms with Gasteiger partial charge in [-0.15, -0.1) is 0 Å². The Morgan fingerprint density at radius 1 is 1.26 bits per heavy atom. The first kappa shape index (κ1) is 13.9. The number of fused-ring (bicyclic) bond motifs is 1. The van der Waals surface area contributed by atoms with Crippen LogP contribution in [0, 0.1) is 5.82 Å². The van der Waals surface area contributed by atoms with Crippen molar-refractivity contribution in [1.29, 1.82) is 0 Å². The molecule has 2 aromatic rings. The number of hydrogen-bond donors (Lipinski definition) is 0. The van der Waals surface area contributed by atoms with Crippen molar-refractivity contribution in [3.8, 4) is 5.75 Å². The van der Waals surface area contributed by atoms with Gasteiger partial charge in [-0.05, 0) is 46.1 Å². The van der Waals surface area contributed by atoms with Gasteiger partial charge < -0.3 is 14.2 Å². The summed E-state index contributed by atoms with van der Waals surface area (Å²) in [5.74, 6) is -0.00494. The molecule has 3 nitrogen and oxygen atoms in total. The summed E-state index contributed by atoms with van der Waals surface area (Å²) in [5, 5.41) is 0.993. The number of benzene rings is 1. The molecule has 0 aliphatic rings. The van der Waals surface area contributed by atoms with E-state index in [0.29, 0.717) is 5.75 Å². The smallest absolute Gasteiger partial charge is 0.178 e. The van der Waals surface area contributed by atoms with Crippen LogP contribution in [-0.2, 0) is 6.54 Å². The molecule has 0 amide bonds. The van der Waals surface area contributed by atoms with Crippen molar-refractivity contribution in [2.45, 2.75) is 25.9 Å². The second-order valence-corrected chi connectivity index (χ2v) is 5.67. The van der Waals surface area contributed by atoms with Gasteiger partial charge in [0.25, 0.3) is 0 Å². The summed E-state index contributed by atoms with van der Waals surface area (Å²) in [6.07, 6.45) is 1.98. The van der Waals surface area contributed by atoms with Gasteiger partial charge in [-0.2, -0.15) is 0 Å². The summed E-state index contributed by atoms with van der Waals surface area (Å²) in [4.78, 5) is 2.16. The molecule has 2 rings (SSSR count). The van der Waals surface area contributed by atoms with Crippen LogP contribution < -0.4 is 4.74 Å². The number of nitrogens with zero attached hydrogens (tertiary/aromatic N) is 2. The maximum Gasteiger partial charge on any atom is 0.178 e. The average molecular weight is 264 g/mol. The highest BCUT2D eigenvalue weighted by Crippen LogP contribution is 2.30. The molecule has 0 bridgehead atoms. The largest absolute Gasteiger partial charge is 0.492 e. The van der Waals surface area contributed by atoms with Gasteiger partial charge >= 0.3 is 0 Å². The van der Waals surface area contributed by atoms with Crippen LogP contribution in [0.5, 0.6) is 5.75 Å². The summed E-state index contributed by atoms with van der Waals surface area (Å²) in [7, 11) is 5.60. The van der Waals surface area contributed by atoms with Crippen molar-refractivity contribution in [3.63, 3.8) is 0 Å². The molecule has 0 aliphatic heterocycles. The first-order valence-corrected chi connectivity index (χ1v) is 6.35. The molecule has 19 heavy (non-hydrogen) atoms. The Kier molecular flexibility index (Phi) is 3.54. The minimum atomic E-state index is -0.322. The van der Waals surface area contributed by atoms with Gasteiger partial charge in [-0.25, -0.2) is 4.39 Å². The monoisotopic (exact) mass is 264 g/mol. The maximum atomic E-state index is 13.8. The molecule has 1 aromatic carbocycles. The molecule has 0 saturated carbocycles. The standard InChI is InChI=1S/C15H21FN2O/c1-15(2,17(3)4)10-18-9-8-11-6-7-12(16)14(19-5)13(11)18/h6-9H,10H2,1-5H3. The minimum Gasteiger partial charge on any atom is -0.492 e. The van der Waals surface area contributed by atoms with E-state index in [4.69, 9.17) is 4.74 Å². The highest BCUT2D eigenvalue weighted by molar-refractivity contribution is 5.86. The lowest BCUT2D eigenvalue weighted by atomic mass is 10.0. The lowest BCUT2D eigenvalue weighted by molar-refractivity contribution is 0.171. The lowest BCUT2D eigenvalue weighted by Gasteiger charge is -2.33.